The van der Waals surface area contributed by atoms with E-state index in [1.54, 1.807) is 0 Å². The maximum atomic E-state index is 12.4. The van der Waals surface area contributed by atoms with Crippen LogP contribution in [0.25, 0.3) is 0 Å². The highest BCUT2D eigenvalue weighted by molar-refractivity contribution is 7.90. The lowest BCUT2D eigenvalue weighted by Gasteiger charge is -2.44. The summed E-state index contributed by atoms with van der Waals surface area (Å²) in [6.45, 7) is 7.47. The molecule has 1 rings (SSSR count). The average molecular weight is 304 g/mol. The molecule has 1 N–H and O–H groups in total. The molecule has 1 saturated heterocycles. The molecule has 116 valence electrons. The second kappa shape index (κ2) is 5.71. The number of sulfone groups is 1. The third-order valence-electron chi connectivity index (χ3n) is 3.39. The van der Waals surface area contributed by atoms with Gasteiger partial charge in [0, 0.05) is 12.8 Å². The lowest BCUT2D eigenvalue weighted by atomic mass is 9.83. The molecule has 1 heterocycles. The molecule has 20 heavy (non-hydrogen) atoms. The fourth-order valence-corrected chi connectivity index (χ4v) is 2.95. The summed E-state index contributed by atoms with van der Waals surface area (Å²) in [5, 5.41) is 2.72. The molecule has 2 amide bonds. The molecule has 1 aliphatic heterocycles. The van der Waals surface area contributed by atoms with Gasteiger partial charge in [-0.15, -0.1) is 0 Å². The van der Waals surface area contributed by atoms with Crippen molar-refractivity contribution >= 4 is 21.7 Å². The van der Waals surface area contributed by atoms with E-state index >= 15 is 0 Å². The smallest absolute Gasteiger partial charge is 0.245 e. The van der Waals surface area contributed by atoms with E-state index in [4.69, 9.17) is 0 Å². The lowest BCUT2D eigenvalue weighted by Crippen LogP contribution is -2.67. The Bertz CT molecular complexity index is 493. The van der Waals surface area contributed by atoms with Crippen LogP contribution < -0.4 is 5.32 Å². The normalized spacial score (nSPS) is 24.8. The topological polar surface area (TPSA) is 83.6 Å². The molecule has 2 atom stereocenters. The third-order valence-corrected chi connectivity index (χ3v) is 4.31. The van der Waals surface area contributed by atoms with Crippen molar-refractivity contribution in [1.82, 2.24) is 10.2 Å². The Morgan fingerprint density at radius 3 is 2.20 bits per heavy atom. The molecule has 7 heteroatoms. The third kappa shape index (κ3) is 3.94. The molecule has 0 aliphatic carbocycles. The van der Waals surface area contributed by atoms with Crippen LogP contribution in [0.1, 0.15) is 34.1 Å². The predicted octanol–water partition coefficient (Wildman–Crippen LogP) is 0.183. The van der Waals surface area contributed by atoms with Crippen molar-refractivity contribution in [3.05, 3.63) is 0 Å². The minimum atomic E-state index is -3.18. The van der Waals surface area contributed by atoms with Gasteiger partial charge in [-0.05, 0) is 11.8 Å². The standard InChI is InChI=1S/C13H24N2O4S/c1-6-9-12(17)15(7-8-20(5,18)19)10(11(16)14-9)13(2,3)4/h9-10H,6-8H2,1-5H3,(H,14,16). The van der Waals surface area contributed by atoms with E-state index in [2.05, 4.69) is 5.32 Å². The van der Waals surface area contributed by atoms with Crippen molar-refractivity contribution in [3.8, 4) is 0 Å². The van der Waals surface area contributed by atoms with Crippen LogP contribution in [0.2, 0.25) is 0 Å². The number of nitrogens with zero attached hydrogens (tertiary/aromatic N) is 1. The molecule has 0 aromatic rings. The summed E-state index contributed by atoms with van der Waals surface area (Å²) in [5.74, 6) is -0.539. The van der Waals surface area contributed by atoms with Gasteiger partial charge in [-0.2, -0.15) is 0 Å². The van der Waals surface area contributed by atoms with E-state index in [9.17, 15) is 18.0 Å². The van der Waals surface area contributed by atoms with Gasteiger partial charge in [0.1, 0.15) is 21.9 Å². The number of rotatable bonds is 4. The number of hydrogen-bond donors (Lipinski definition) is 1. The second-order valence-electron chi connectivity index (χ2n) is 6.40. The second-order valence-corrected chi connectivity index (χ2v) is 8.66. The molecule has 0 spiro atoms. The summed E-state index contributed by atoms with van der Waals surface area (Å²) >= 11 is 0. The van der Waals surface area contributed by atoms with Gasteiger partial charge in [0.15, 0.2) is 0 Å². The van der Waals surface area contributed by atoms with Crippen molar-refractivity contribution < 1.29 is 18.0 Å². The van der Waals surface area contributed by atoms with Gasteiger partial charge in [0.05, 0.1) is 5.75 Å². The summed E-state index contributed by atoms with van der Waals surface area (Å²) in [5.41, 5.74) is -0.448. The maximum Gasteiger partial charge on any atom is 0.245 e. The van der Waals surface area contributed by atoms with Gasteiger partial charge in [-0.3, -0.25) is 9.59 Å². The maximum absolute atomic E-state index is 12.4. The van der Waals surface area contributed by atoms with E-state index in [1.807, 2.05) is 27.7 Å². The molecule has 2 unspecified atom stereocenters. The predicted molar refractivity (Wildman–Crippen MR) is 76.9 cm³/mol. The van der Waals surface area contributed by atoms with Gasteiger partial charge >= 0.3 is 0 Å². The van der Waals surface area contributed by atoms with Gasteiger partial charge in [0.2, 0.25) is 11.8 Å². The molecule has 0 aromatic heterocycles. The lowest BCUT2D eigenvalue weighted by molar-refractivity contribution is -0.153. The zero-order chi connectivity index (χ0) is 15.7. The van der Waals surface area contributed by atoms with Crippen molar-refractivity contribution in [2.24, 2.45) is 5.41 Å². The van der Waals surface area contributed by atoms with E-state index in [0.717, 1.165) is 6.26 Å². The first kappa shape index (κ1) is 16.9. The van der Waals surface area contributed by atoms with Crippen LogP contribution in [0.3, 0.4) is 0 Å². The molecular weight excluding hydrogens is 280 g/mol. The van der Waals surface area contributed by atoms with Crippen LogP contribution in [0.15, 0.2) is 0 Å². The first-order chi connectivity index (χ1) is 8.97. The monoisotopic (exact) mass is 304 g/mol. The van der Waals surface area contributed by atoms with Crippen LogP contribution in [0, 0.1) is 5.41 Å². The number of carbonyl (C=O) groups excluding carboxylic acids is 2. The quantitative estimate of drug-likeness (QED) is 0.803. The largest absolute Gasteiger partial charge is 0.342 e. The van der Waals surface area contributed by atoms with E-state index in [-0.39, 0.29) is 24.1 Å². The van der Waals surface area contributed by atoms with Crippen LogP contribution in [0.5, 0.6) is 0 Å². The minimum Gasteiger partial charge on any atom is -0.342 e. The minimum absolute atomic E-state index is 0.0591. The fourth-order valence-electron chi connectivity index (χ4n) is 2.42. The van der Waals surface area contributed by atoms with E-state index < -0.39 is 27.3 Å². The Hall–Kier alpha value is -1.11. The highest BCUT2D eigenvalue weighted by atomic mass is 32.2. The van der Waals surface area contributed by atoms with Crippen LogP contribution in [0.4, 0.5) is 0 Å². The Kier molecular flexibility index (Phi) is 4.84. The highest BCUT2D eigenvalue weighted by Crippen LogP contribution is 2.28. The zero-order valence-corrected chi connectivity index (χ0v) is 13.6. The Balaban J connectivity index is 3.06. The van der Waals surface area contributed by atoms with Crippen LogP contribution in [-0.4, -0.2) is 55.8 Å². The first-order valence-electron chi connectivity index (χ1n) is 6.76. The number of piperazine rings is 1. The fraction of sp³-hybridized carbons (Fsp3) is 0.846. The van der Waals surface area contributed by atoms with Gasteiger partial charge < -0.3 is 10.2 Å². The number of amides is 2. The molecule has 0 bridgehead atoms. The number of hydrogen-bond acceptors (Lipinski definition) is 4. The van der Waals surface area contributed by atoms with Crippen molar-refractivity contribution in [2.45, 2.75) is 46.2 Å². The van der Waals surface area contributed by atoms with Gasteiger partial charge in [0.25, 0.3) is 0 Å². The van der Waals surface area contributed by atoms with Gasteiger partial charge in [-0.25, -0.2) is 8.42 Å². The molecule has 6 nitrogen and oxygen atoms in total. The first-order valence-corrected chi connectivity index (χ1v) is 8.82. The molecular formula is C13H24N2O4S. The summed E-state index contributed by atoms with van der Waals surface area (Å²) in [4.78, 5) is 26.1. The SMILES string of the molecule is CCC1NC(=O)C(C(C)(C)C)N(CCS(C)(=O)=O)C1=O. The van der Waals surface area contributed by atoms with Crippen molar-refractivity contribution in [1.29, 1.82) is 0 Å². The Labute approximate surface area is 120 Å². The van der Waals surface area contributed by atoms with E-state index in [1.165, 1.54) is 4.90 Å². The summed E-state index contributed by atoms with van der Waals surface area (Å²) in [6.07, 6.45) is 1.63. The molecule has 1 fully saturated rings. The Morgan fingerprint density at radius 2 is 1.80 bits per heavy atom. The number of nitrogens with one attached hydrogen (secondary N) is 1. The Morgan fingerprint density at radius 1 is 1.25 bits per heavy atom. The van der Waals surface area contributed by atoms with Crippen molar-refractivity contribution in [3.63, 3.8) is 0 Å². The molecule has 0 aromatic carbocycles. The van der Waals surface area contributed by atoms with E-state index in [0.29, 0.717) is 6.42 Å². The average Bonchev–Trinajstić information content (AvgIpc) is 2.26. The summed E-state index contributed by atoms with van der Waals surface area (Å²) in [6, 6.07) is -1.19. The molecule has 0 saturated carbocycles. The zero-order valence-electron chi connectivity index (χ0n) is 12.8. The van der Waals surface area contributed by atoms with Crippen LogP contribution >= 0.6 is 0 Å². The highest BCUT2D eigenvalue weighted by Gasteiger charge is 2.45. The van der Waals surface area contributed by atoms with Gasteiger partial charge in [-0.1, -0.05) is 27.7 Å². The summed E-state index contributed by atoms with van der Waals surface area (Å²) in [7, 11) is -3.18. The molecule has 0 radical (unpaired) electrons. The van der Waals surface area contributed by atoms with Crippen LogP contribution in [-0.2, 0) is 19.4 Å². The van der Waals surface area contributed by atoms with Crippen molar-refractivity contribution in [2.75, 3.05) is 18.6 Å². The summed E-state index contributed by atoms with van der Waals surface area (Å²) < 4.78 is 22.7. The number of carbonyl (C=O) groups is 2. The molecule has 1 aliphatic rings.